The van der Waals surface area contributed by atoms with Crippen molar-refractivity contribution in [2.75, 3.05) is 14.2 Å². The normalized spacial score (nSPS) is 10.2. The smallest absolute Gasteiger partial charge is 0.362 e. The van der Waals surface area contributed by atoms with Crippen LogP contribution in [0.2, 0.25) is 0 Å². The first-order valence-electron chi connectivity index (χ1n) is 5.90. The van der Waals surface area contributed by atoms with Gasteiger partial charge in [0.2, 0.25) is 11.1 Å². The number of carbonyl (C=O) groups excluding carboxylic acids is 1. The standard InChI is InChI=1S/C14H14N2O4/c1-9-8-16(10-5-4-6-11(7-10)19-2)15-12(13(9)17)14(18)20-3/h4-8H,1-3H3. The van der Waals surface area contributed by atoms with Crippen LogP contribution in [0.3, 0.4) is 0 Å². The fourth-order valence-corrected chi connectivity index (χ4v) is 1.73. The minimum Gasteiger partial charge on any atom is -0.497 e. The highest BCUT2D eigenvalue weighted by Crippen LogP contribution is 2.15. The van der Waals surface area contributed by atoms with Gasteiger partial charge in [0, 0.05) is 17.8 Å². The van der Waals surface area contributed by atoms with Gasteiger partial charge in [-0.05, 0) is 19.1 Å². The van der Waals surface area contributed by atoms with Gasteiger partial charge in [0.1, 0.15) is 5.75 Å². The lowest BCUT2D eigenvalue weighted by atomic mass is 10.2. The van der Waals surface area contributed by atoms with Gasteiger partial charge >= 0.3 is 5.97 Å². The molecule has 0 aliphatic heterocycles. The first-order chi connectivity index (χ1) is 9.56. The number of methoxy groups -OCH3 is 2. The summed E-state index contributed by atoms with van der Waals surface area (Å²) in [6, 6.07) is 7.12. The summed E-state index contributed by atoms with van der Waals surface area (Å²) in [5.41, 5.74) is 0.409. The molecule has 0 aliphatic rings. The Morgan fingerprint density at radius 1 is 1.30 bits per heavy atom. The first-order valence-corrected chi connectivity index (χ1v) is 5.90. The van der Waals surface area contributed by atoms with E-state index in [1.165, 1.54) is 11.8 Å². The van der Waals surface area contributed by atoms with Crippen molar-refractivity contribution in [2.24, 2.45) is 0 Å². The molecule has 6 nitrogen and oxygen atoms in total. The maximum absolute atomic E-state index is 11.9. The number of esters is 1. The van der Waals surface area contributed by atoms with E-state index in [2.05, 4.69) is 9.84 Å². The van der Waals surface area contributed by atoms with Gasteiger partial charge in [0.25, 0.3) is 0 Å². The predicted molar refractivity (Wildman–Crippen MR) is 72.5 cm³/mol. The Balaban J connectivity index is 2.60. The van der Waals surface area contributed by atoms with E-state index in [4.69, 9.17) is 4.74 Å². The van der Waals surface area contributed by atoms with E-state index in [1.807, 2.05) is 0 Å². The predicted octanol–water partition coefficient (Wildman–Crippen LogP) is 1.34. The second-order valence-electron chi connectivity index (χ2n) is 4.13. The molecule has 0 saturated carbocycles. The SMILES string of the molecule is COC(=O)c1nn(-c2cccc(OC)c2)cc(C)c1=O. The number of aromatic nitrogens is 2. The number of hydrogen-bond acceptors (Lipinski definition) is 5. The molecule has 0 atom stereocenters. The van der Waals surface area contributed by atoms with Crippen molar-refractivity contribution in [3.8, 4) is 11.4 Å². The molecule has 0 bridgehead atoms. The molecule has 0 amide bonds. The number of nitrogens with zero attached hydrogens (tertiary/aromatic N) is 2. The number of ether oxygens (including phenoxy) is 2. The first kappa shape index (κ1) is 13.8. The van der Waals surface area contributed by atoms with E-state index in [0.29, 0.717) is 17.0 Å². The van der Waals surface area contributed by atoms with Crippen molar-refractivity contribution in [1.29, 1.82) is 0 Å². The molecular formula is C14H14N2O4. The highest BCUT2D eigenvalue weighted by atomic mass is 16.5. The van der Waals surface area contributed by atoms with Crippen molar-refractivity contribution in [2.45, 2.75) is 6.92 Å². The lowest BCUT2D eigenvalue weighted by molar-refractivity contribution is 0.0590. The second kappa shape index (κ2) is 5.56. The summed E-state index contributed by atoms with van der Waals surface area (Å²) in [5.74, 6) is -0.101. The van der Waals surface area contributed by atoms with Crippen LogP contribution in [-0.2, 0) is 4.74 Å². The summed E-state index contributed by atoms with van der Waals surface area (Å²) in [7, 11) is 2.77. The Morgan fingerprint density at radius 3 is 2.70 bits per heavy atom. The molecule has 0 aliphatic carbocycles. The van der Waals surface area contributed by atoms with E-state index < -0.39 is 11.4 Å². The Hall–Kier alpha value is -2.63. The monoisotopic (exact) mass is 274 g/mol. The average molecular weight is 274 g/mol. The lowest BCUT2D eigenvalue weighted by Crippen LogP contribution is -2.24. The molecule has 2 rings (SSSR count). The molecule has 0 spiro atoms. The second-order valence-corrected chi connectivity index (χ2v) is 4.13. The van der Waals surface area contributed by atoms with E-state index >= 15 is 0 Å². The molecule has 0 N–H and O–H groups in total. The Morgan fingerprint density at radius 2 is 2.05 bits per heavy atom. The number of rotatable bonds is 3. The number of benzene rings is 1. The fourth-order valence-electron chi connectivity index (χ4n) is 1.73. The van der Waals surface area contributed by atoms with Crippen LogP contribution in [0.4, 0.5) is 0 Å². The van der Waals surface area contributed by atoms with Gasteiger partial charge in [-0.1, -0.05) is 6.07 Å². The summed E-state index contributed by atoms with van der Waals surface area (Å²) in [4.78, 5) is 23.4. The number of carbonyl (C=O) groups is 1. The molecule has 0 fully saturated rings. The maximum atomic E-state index is 11.9. The summed E-state index contributed by atoms with van der Waals surface area (Å²) in [6.07, 6.45) is 1.56. The van der Waals surface area contributed by atoms with Gasteiger partial charge < -0.3 is 9.47 Å². The third-order valence-electron chi connectivity index (χ3n) is 2.79. The molecule has 20 heavy (non-hydrogen) atoms. The molecule has 1 aromatic heterocycles. The van der Waals surface area contributed by atoms with Crippen LogP contribution < -0.4 is 10.2 Å². The molecule has 6 heteroatoms. The minimum absolute atomic E-state index is 0.240. The van der Waals surface area contributed by atoms with Gasteiger partial charge in [-0.2, -0.15) is 5.10 Å². The van der Waals surface area contributed by atoms with E-state index in [-0.39, 0.29) is 5.69 Å². The van der Waals surface area contributed by atoms with Crippen LogP contribution in [0.5, 0.6) is 5.75 Å². The summed E-state index contributed by atoms with van der Waals surface area (Å²) >= 11 is 0. The highest BCUT2D eigenvalue weighted by molar-refractivity contribution is 5.87. The molecule has 0 unspecified atom stereocenters. The highest BCUT2D eigenvalue weighted by Gasteiger charge is 2.16. The Labute approximate surface area is 115 Å². The maximum Gasteiger partial charge on any atom is 0.362 e. The van der Waals surface area contributed by atoms with E-state index in [9.17, 15) is 9.59 Å². The van der Waals surface area contributed by atoms with Crippen LogP contribution >= 0.6 is 0 Å². The zero-order valence-electron chi connectivity index (χ0n) is 11.4. The summed E-state index contributed by atoms with van der Waals surface area (Å²) in [5, 5.41) is 4.02. The van der Waals surface area contributed by atoms with Gasteiger partial charge in [-0.3, -0.25) is 4.79 Å². The molecule has 1 heterocycles. The van der Waals surface area contributed by atoms with Crippen molar-refractivity contribution in [1.82, 2.24) is 9.78 Å². The molecule has 104 valence electrons. The van der Waals surface area contributed by atoms with Crippen LogP contribution in [0.1, 0.15) is 16.1 Å². The van der Waals surface area contributed by atoms with Crippen LogP contribution in [-0.4, -0.2) is 30.0 Å². The van der Waals surface area contributed by atoms with E-state index in [1.54, 1.807) is 44.5 Å². The molecule has 0 saturated heterocycles. The van der Waals surface area contributed by atoms with Crippen molar-refractivity contribution in [3.63, 3.8) is 0 Å². The Kier molecular flexibility index (Phi) is 3.84. The molecule has 2 aromatic rings. The van der Waals surface area contributed by atoms with Gasteiger partial charge in [-0.25, -0.2) is 9.48 Å². The lowest BCUT2D eigenvalue weighted by Gasteiger charge is -2.09. The van der Waals surface area contributed by atoms with Crippen molar-refractivity contribution in [3.05, 3.63) is 51.9 Å². The van der Waals surface area contributed by atoms with Crippen LogP contribution in [0.25, 0.3) is 5.69 Å². The third kappa shape index (κ3) is 2.54. The number of hydrogen-bond donors (Lipinski definition) is 0. The van der Waals surface area contributed by atoms with Crippen molar-refractivity contribution < 1.29 is 14.3 Å². The largest absolute Gasteiger partial charge is 0.497 e. The topological polar surface area (TPSA) is 70.4 Å². The summed E-state index contributed by atoms with van der Waals surface area (Å²) in [6.45, 7) is 1.62. The molecule has 0 radical (unpaired) electrons. The van der Waals surface area contributed by atoms with Gasteiger partial charge in [0.05, 0.1) is 19.9 Å². The average Bonchev–Trinajstić information content (AvgIpc) is 2.49. The zero-order valence-corrected chi connectivity index (χ0v) is 11.4. The minimum atomic E-state index is -0.754. The van der Waals surface area contributed by atoms with E-state index in [0.717, 1.165) is 0 Å². The molecule has 1 aromatic carbocycles. The Bertz CT molecular complexity index is 707. The zero-order chi connectivity index (χ0) is 14.7. The van der Waals surface area contributed by atoms with Crippen molar-refractivity contribution >= 4 is 5.97 Å². The van der Waals surface area contributed by atoms with Gasteiger partial charge in [0.15, 0.2) is 0 Å². The summed E-state index contributed by atoms with van der Waals surface area (Å²) < 4.78 is 11.2. The third-order valence-corrected chi connectivity index (χ3v) is 2.79. The molecular weight excluding hydrogens is 260 g/mol. The van der Waals surface area contributed by atoms with Crippen LogP contribution in [0, 0.1) is 6.92 Å². The van der Waals surface area contributed by atoms with Gasteiger partial charge in [-0.15, -0.1) is 0 Å². The fraction of sp³-hybridized carbons (Fsp3) is 0.214. The van der Waals surface area contributed by atoms with Crippen LogP contribution in [0.15, 0.2) is 35.3 Å². The quantitative estimate of drug-likeness (QED) is 0.790. The number of aryl methyl sites for hydroxylation is 1.